The highest BCUT2D eigenvalue weighted by molar-refractivity contribution is 5.41. The smallest absolute Gasteiger partial charge is 0.258 e. The third kappa shape index (κ3) is 2.79. The summed E-state index contributed by atoms with van der Waals surface area (Å²) in [6.07, 6.45) is 4.27. The molecule has 1 fully saturated rings. The fraction of sp³-hybridized carbons (Fsp3) is 0.500. The van der Waals surface area contributed by atoms with Gasteiger partial charge in [0.15, 0.2) is 0 Å². The topological polar surface area (TPSA) is 129 Å². The van der Waals surface area contributed by atoms with Gasteiger partial charge in [-0.05, 0) is 25.9 Å². The molecule has 0 radical (unpaired) electrons. The van der Waals surface area contributed by atoms with Crippen LogP contribution in [-0.2, 0) is 0 Å². The molecule has 0 saturated carbocycles. The zero-order chi connectivity index (χ0) is 15.4. The summed E-state index contributed by atoms with van der Waals surface area (Å²) in [5.74, 6) is 1.07. The first-order chi connectivity index (χ1) is 10.7. The number of nitriles is 1. The van der Waals surface area contributed by atoms with Gasteiger partial charge in [-0.3, -0.25) is 0 Å². The Morgan fingerprint density at radius 1 is 1.27 bits per heavy atom. The first-order valence-corrected chi connectivity index (χ1v) is 6.94. The molecule has 0 amide bonds. The Balaban J connectivity index is 1.93. The minimum absolute atomic E-state index is 0.335. The average Bonchev–Trinajstić information content (AvgIpc) is 3.10. The minimum atomic E-state index is -0.669. The molecule has 3 N–H and O–H groups in total. The van der Waals surface area contributed by atoms with E-state index in [1.165, 1.54) is 17.3 Å². The fourth-order valence-corrected chi connectivity index (χ4v) is 2.28. The van der Waals surface area contributed by atoms with E-state index in [0.29, 0.717) is 30.7 Å². The van der Waals surface area contributed by atoms with E-state index < -0.39 is 5.54 Å². The van der Waals surface area contributed by atoms with Crippen molar-refractivity contribution in [2.45, 2.75) is 18.4 Å². The van der Waals surface area contributed by atoms with Crippen molar-refractivity contribution in [3.05, 3.63) is 12.7 Å². The molecule has 1 aliphatic rings. The van der Waals surface area contributed by atoms with Crippen LogP contribution >= 0.6 is 0 Å². The van der Waals surface area contributed by atoms with Crippen LogP contribution in [0.15, 0.2) is 12.7 Å². The maximum Gasteiger partial charge on any atom is 0.258 e. The highest BCUT2D eigenvalue weighted by atomic mass is 15.4. The number of piperidine rings is 1. The minimum Gasteiger partial charge on any atom is -0.357 e. The molecule has 0 bridgehead atoms. The quantitative estimate of drug-likeness (QED) is 0.687. The Morgan fingerprint density at radius 3 is 2.68 bits per heavy atom. The third-order valence-electron chi connectivity index (χ3n) is 3.49. The van der Waals surface area contributed by atoms with Crippen LogP contribution in [0.1, 0.15) is 12.8 Å². The van der Waals surface area contributed by atoms with Crippen molar-refractivity contribution >= 4 is 11.9 Å². The standard InChI is InChI=1S/C12H16N10/c1-14-9-18-10(20-11(19-9)22-8-16-7-17-22)21-12(6-13)2-4-15-5-3-12/h7-8,15H,2-5H2,1H3,(H2,14,18,19,20,21). The van der Waals surface area contributed by atoms with Gasteiger partial charge in [-0.2, -0.15) is 30.0 Å². The van der Waals surface area contributed by atoms with E-state index in [2.05, 4.69) is 47.1 Å². The number of aromatic nitrogens is 6. The third-order valence-corrected chi connectivity index (χ3v) is 3.49. The highest BCUT2D eigenvalue weighted by Gasteiger charge is 2.33. The Labute approximate surface area is 127 Å². The van der Waals surface area contributed by atoms with Crippen LogP contribution in [0.2, 0.25) is 0 Å². The van der Waals surface area contributed by atoms with E-state index in [1.807, 2.05) is 0 Å². The number of hydrogen-bond donors (Lipinski definition) is 3. The SMILES string of the molecule is CNc1nc(NC2(C#N)CCNCC2)nc(-n2cncn2)n1. The lowest BCUT2D eigenvalue weighted by Gasteiger charge is -2.32. The molecule has 2 aromatic heterocycles. The zero-order valence-corrected chi connectivity index (χ0v) is 12.1. The van der Waals surface area contributed by atoms with Crippen molar-refractivity contribution in [1.29, 1.82) is 5.26 Å². The Morgan fingerprint density at radius 2 is 2.05 bits per heavy atom. The Bertz CT molecular complexity index is 668. The van der Waals surface area contributed by atoms with Crippen molar-refractivity contribution in [3.63, 3.8) is 0 Å². The zero-order valence-electron chi connectivity index (χ0n) is 12.1. The fourth-order valence-electron chi connectivity index (χ4n) is 2.28. The molecule has 3 heterocycles. The summed E-state index contributed by atoms with van der Waals surface area (Å²) in [6.45, 7) is 1.56. The number of anilines is 2. The first kappa shape index (κ1) is 14.2. The second kappa shape index (κ2) is 5.90. The normalized spacial score (nSPS) is 16.7. The second-order valence-electron chi connectivity index (χ2n) is 4.94. The lowest BCUT2D eigenvalue weighted by atomic mass is 9.90. The van der Waals surface area contributed by atoms with Crippen molar-refractivity contribution in [2.75, 3.05) is 30.8 Å². The van der Waals surface area contributed by atoms with Gasteiger partial charge < -0.3 is 16.0 Å². The van der Waals surface area contributed by atoms with Crippen molar-refractivity contribution < 1.29 is 0 Å². The summed E-state index contributed by atoms with van der Waals surface area (Å²) >= 11 is 0. The van der Waals surface area contributed by atoms with Gasteiger partial charge in [0.2, 0.25) is 11.9 Å². The monoisotopic (exact) mass is 300 g/mol. The summed E-state index contributed by atoms with van der Waals surface area (Å²) in [5.41, 5.74) is -0.669. The molecule has 10 heteroatoms. The van der Waals surface area contributed by atoms with E-state index in [9.17, 15) is 5.26 Å². The maximum absolute atomic E-state index is 9.53. The van der Waals surface area contributed by atoms with E-state index in [1.54, 1.807) is 7.05 Å². The van der Waals surface area contributed by atoms with Crippen LogP contribution in [0.4, 0.5) is 11.9 Å². The molecule has 114 valence electrons. The summed E-state index contributed by atoms with van der Waals surface area (Å²) in [7, 11) is 1.72. The summed E-state index contributed by atoms with van der Waals surface area (Å²) < 4.78 is 1.44. The molecule has 0 aromatic carbocycles. The first-order valence-electron chi connectivity index (χ1n) is 6.94. The molecule has 0 atom stereocenters. The van der Waals surface area contributed by atoms with E-state index in [-0.39, 0.29) is 0 Å². The predicted molar refractivity (Wildman–Crippen MR) is 78.4 cm³/mol. The van der Waals surface area contributed by atoms with Crippen LogP contribution < -0.4 is 16.0 Å². The van der Waals surface area contributed by atoms with Crippen LogP contribution in [0.25, 0.3) is 5.95 Å². The van der Waals surface area contributed by atoms with Crippen molar-refractivity contribution in [3.8, 4) is 12.0 Å². The number of hydrogen-bond acceptors (Lipinski definition) is 9. The Kier molecular flexibility index (Phi) is 3.80. The molecule has 10 nitrogen and oxygen atoms in total. The molecule has 0 aliphatic carbocycles. The highest BCUT2D eigenvalue weighted by Crippen LogP contribution is 2.22. The van der Waals surface area contributed by atoms with Crippen LogP contribution in [-0.4, -0.2) is 55.4 Å². The number of rotatable bonds is 4. The molecule has 2 aromatic rings. The van der Waals surface area contributed by atoms with E-state index >= 15 is 0 Å². The Hall–Kier alpha value is -2.80. The van der Waals surface area contributed by atoms with E-state index in [4.69, 9.17) is 0 Å². The maximum atomic E-state index is 9.53. The van der Waals surface area contributed by atoms with Crippen LogP contribution in [0.3, 0.4) is 0 Å². The summed E-state index contributed by atoms with van der Waals surface area (Å²) in [5, 5.41) is 22.8. The lowest BCUT2D eigenvalue weighted by Crippen LogP contribution is -2.47. The molecule has 1 aliphatic heterocycles. The van der Waals surface area contributed by atoms with Gasteiger partial charge in [0.25, 0.3) is 5.95 Å². The van der Waals surface area contributed by atoms with Gasteiger partial charge in [0.1, 0.15) is 18.2 Å². The van der Waals surface area contributed by atoms with Crippen molar-refractivity contribution in [1.82, 2.24) is 35.0 Å². The van der Waals surface area contributed by atoms with E-state index in [0.717, 1.165) is 13.1 Å². The molecule has 0 unspecified atom stereocenters. The van der Waals surface area contributed by atoms with Crippen LogP contribution in [0, 0.1) is 11.3 Å². The predicted octanol–water partition coefficient (Wildman–Crippen LogP) is -0.448. The lowest BCUT2D eigenvalue weighted by molar-refractivity contribution is 0.407. The van der Waals surface area contributed by atoms with Crippen molar-refractivity contribution in [2.24, 2.45) is 0 Å². The summed E-state index contributed by atoms with van der Waals surface area (Å²) in [6, 6.07) is 2.35. The van der Waals surface area contributed by atoms with Crippen LogP contribution in [0.5, 0.6) is 0 Å². The summed E-state index contributed by atoms with van der Waals surface area (Å²) in [4.78, 5) is 16.7. The molecule has 0 spiro atoms. The molecule has 3 rings (SSSR count). The van der Waals surface area contributed by atoms with Gasteiger partial charge in [0, 0.05) is 7.05 Å². The largest absolute Gasteiger partial charge is 0.357 e. The van der Waals surface area contributed by atoms with Gasteiger partial charge in [-0.25, -0.2) is 4.98 Å². The molecular weight excluding hydrogens is 284 g/mol. The molecule has 22 heavy (non-hydrogen) atoms. The number of nitrogens with zero attached hydrogens (tertiary/aromatic N) is 7. The number of nitrogens with one attached hydrogen (secondary N) is 3. The molecular formula is C12H16N10. The average molecular weight is 300 g/mol. The van der Waals surface area contributed by atoms with Gasteiger partial charge >= 0.3 is 0 Å². The van der Waals surface area contributed by atoms with Gasteiger partial charge in [0.05, 0.1) is 6.07 Å². The molecule has 1 saturated heterocycles. The van der Waals surface area contributed by atoms with Gasteiger partial charge in [-0.15, -0.1) is 0 Å². The second-order valence-corrected chi connectivity index (χ2v) is 4.94. The van der Waals surface area contributed by atoms with Gasteiger partial charge in [-0.1, -0.05) is 0 Å².